The minimum Gasteiger partial charge on any atom is -0.379 e. The van der Waals surface area contributed by atoms with Crippen LogP contribution in [-0.4, -0.2) is 56.1 Å². The SMILES string of the molecule is CC(C)NC(=S)NNC(=O)c1ccc(F)c(S(=O)(=O)N2CCOCC2)c1. The van der Waals surface area contributed by atoms with E-state index in [1.165, 1.54) is 6.07 Å². The molecule has 1 saturated heterocycles. The number of hydrazine groups is 1. The molecule has 1 amide bonds. The zero-order valence-corrected chi connectivity index (χ0v) is 16.0. The number of thiocarbonyl (C=S) groups is 1. The van der Waals surface area contributed by atoms with E-state index in [1.807, 2.05) is 13.8 Å². The average molecular weight is 404 g/mol. The quantitative estimate of drug-likeness (QED) is 0.492. The van der Waals surface area contributed by atoms with Crippen molar-refractivity contribution in [1.82, 2.24) is 20.5 Å². The van der Waals surface area contributed by atoms with Crippen LogP contribution in [0.2, 0.25) is 0 Å². The van der Waals surface area contributed by atoms with Crippen molar-refractivity contribution < 1.29 is 22.3 Å². The average Bonchev–Trinajstić information content (AvgIpc) is 2.60. The zero-order chi connectivity index (χ0) is 19.3. The van der Waals surface area contributed by atoms with Crippen molar-refractivity contribution in [1.29, 1.82) is 0 Å². The number of halogens is 1. The van der Waals surface area contributed by atoms with Gasteiger partial charge < -0.3 is 10.1 Å². The van der Waals surface area contributed by atoms with Gasteiger partial charge in [-0.05, 0) is 44.3 Å². The van der Waals surface area contributed by atoms with E-state index in [1.54, 1.807) is 0 Å². The molecule has 1 aromatic rings. The predicted octanol–water partition coefficient (Wildman–Crippen LogP) is 0.364. The lowest BCUT2D eigenvalue weighted by Crippen LogP contribution is -2.48. The largest absolute Gasteiger partial charge is 0.379 e. The molecule has 2 rings (SSSR count). The fraction of sp³-hybridized carbons (Fsp3) is 0.467. The van der Waals surface area contributed by atoms with E-state index >= 15 is 0 Å². The van der Waals surface area contributed by atoms with E-state index in [9.17, 15) is 17.6 Å². The zero-order valence-electron chi connectivity index (χ0n) is 14.4. The van der Waals surface area contributed by atoms with Gasteiger partial charge in [0.25, 0.3) is 5.91 Å². The van der Waals surface area contributed by atoms with Crippen LogP contribution in [-0.2, 0) is 14.8 Å². The fourth-order valence-corrected chi connectivity index (χ4v) is 4.04. The number of hydrogen-bond donors (Lipinski definition) is 3. The summed E-state index contributed by atoms with van der Waals surface area (Å²) in [5, 5.41) is 3.07. The Morgan fingerprint density at radius 2 is 1.92 bits per heavy atom. The Balaban J connectivity index is 2.16. The minimum atomic E-state index is -4.06. The molecule has 1 aromatic carbocycles. The number of sulfonamides is 1. The van der Waals surface area contributed by atoms with Gasteiger partial charge in [0.2, 0.25) is 10.0 Å². The van der Waals surface area contributed by atoms with E-state index in [0.29, 0.717) is 0 Å². The molecule has 11 heteroatoms. The maximum absolute atomic E-state index is 14.1. The number of benzene rings is 1. The smallest absolute Gasteiger partial charge is 0.269 e. The predicted molar refractivity (Wildman–Crippen MR) is 97.4 cm³/mol. The third-order valence-corrected chi connectivity index (χ3v) is 5.62. The first kappa shape index (κ1) is 20.5. The number of nitrogens with zero attached hydrogens (tertiary/aromatic N) is 1. The highest BCUT2D eigenvalue weighted by atomic mass is 32.2. The van der Waals surface area contributed by atoms with Gasteiger partial charge in [-0.15, -0.1) is 0 Å². The van der Waals surface area contributed by atoms with Gasteiger partial charge in [-0.25, -0.2) is 12.8 Å². The maximum Gasteiger partial charge on any atom is 0.269 e. The van der Waals surface area contributed by atoms with Crippen molar-refractivity contribution in [2.24, 2.45) is 0 Å². The molecular formula is C15H21FN4O4S2. The van der Waals surface area contributed by atoms with Crippen molar-refractivity contribution in [3.63, 3.8) is 0 Å². The molecule has 8 nitrogen and oxygen atoms in total. The van der Waals surface area contributed by atoms with Crippen molar-refractivity contribution in [3.05, 3.63) is 29.6 Å². The molecule has 0 spiro atoms. The molecule has 3 N–H and O–H groups in total. The number of hydrogen-bond acceptors (Lipinski definition) is 5. The normalized spacial score (nSPS) is 15.5. The number of morpholine rings is 1. The second kappa shape index (κ2) is 8.71. The molecule has 144 valence electrons. The van der Waals surface area contributed by atoms with Gasteiger partial charge in [-0.1, -0.05) is 0 Å². The Bertz CT molecular complexity index is 780. The topological polar surface area (TPSA) is 99.8 Å². The van der Waals surface area contributed by atoms with Crippen LogP contribution in [0.25, 0.3) is 0 Å². The standard InChI is InChI=1S/C15H21FN4O4S2/c1-10(2)17-15(25)19-18-14(21)11-3-4-12(16)13(9-11)26(22,23)20-5-7-24-8-6-20/h3-4,9-10H,5-8H2,1-2H3,(H,18,21)(H2,17,19,25). The van der Waals surface area contributed by atoms with Crippen LogP contribution in [0.1, 0.15) is 24.2 Å². The monoisotopic (exact) mass is 404 g/mol. The maximum atomic E-state index is 14.1. The fourth-order valence-electron chi connectivity index (χ4n) is 2.25. The Kier molecular flexibility index (Phi) is 6.87. The van der Waals surface area contributed by atoms with Gasteiger partial charge in [-0.2, -0.15) is 4.31 Å². The number of rotatable bonds is 4. The third-order valence-electron chi connectivity index (χ3n) is 3.49. The number of nitrogens with one attached hydrogen (secondary N) is 3. The molecule has 1 heterocycles. The second-order valence-corrected chi connectivity index (χ2v) is 8.18. The first-order valence-electron chi connectivity index (χ1n) is 7.96. The van der Waals surface area contributed by atoms with Gasteiger partial charge >= 0.3 is 0 Å². The summed E-state index contributed by atoms with van der Waals surface area (Å²) < 4.78 is 45.6. The van der Waals surface area contributed by atoms with Crippen LogP contribution in [0.4, 0.5) is 4.39 Å². The lowest BCUT2D eigenvalue weighted by atomic mass is 10.2. The lowest BCUT2D eigenvalue weighted by Gasteiger charge is -2.26. The molecule has 1 aliphatic heterocycles. The van der Waals surface area contributed by atoms with Gasteiger partial charge in [0, 0.05) is 24.7 Å². The van der Waals surface area contributed by atoms with Crippen LogP contribution in [0, 0.1) is 5.82 Å². The molecule has 0 aromatic heterocycles. The summed E-state index contributed by atoms with van der Waals surface area (Å²) in [6.07, 6.45) is 0. The minimum absolute atomic E-state index is 0.0157. The second-order valence-electron chi connectivity index (χ2n) is 5.87. The van der Waals surface area contributed by atoms with Gasteiger partial charge in [-0.3, -0.25) is 15.6 Å². The summed E-state index contributed by atoms with van der Waals surface area (Å²) in [5.41, 5.74) is 4.82. The highest BCUT2D eigenvalue weighted by Gasteiger charge is 2.29. The first-order valence-corrected chi connectivity index (χ1v) is 9.81. The van der Waals surface area contributed by atoms with Gasteiger partial charge in [0.05, 0.1) is 13.2 Å². The molecule has 26 heavy (non-hydrogen) atoms. The number of amides is 1. The molecule has 0 saturated carbocycles. The Morgan fingerprint density at radius 1 is 1.27 bits per heavy atom. The summed E-state index contributed by atoms with van der Waals surface area (Å²) in [5.74, 6) is -1.56. The molecule has 0 aliphatic carbocycles. The number of carbonyl (C=O) groups excluding carboxylic acids is 1. The highest BCUT2D eigenvalue weighted by Crippen LogP contribution is 2.21. The summed E-state index contributed by atoms with van der Waals surface area (Å²) in [6.45, 7) is 4.50. The van der Waals surface area contributed by atoms with Crippen molar-refractivity contribution >= 4 is 33.3 Å². The summed E-state index contributed by atoms with van der Waals surface area (Å²) in [4.78, 5) is 11.6. The van der Waals surface area contributed by atoms with Crippen LogP contribution >= 0.6 is 12.2 Å². The van der Waals surface area contributed by atoms with E-state index in [-0.39, 0.29) is 43.0 Å². The summed E-state index contributed by atoms with van der Waals surface area (Å²) in [6, 6.07) is 3.23. The summed E-state index contributed by atoms with van der Waals surface area (Å²) >= 11 is 4.98. The van der Waals surface area contributed by atoms with Crippen molar-refractivity contribution in [3.8, 4) is 0 Å². The van der Waals surface area contributed by atoms with E-state index in [0.717, 1.165) is 16.4 Å². The van der Waals surface area contributed by atoms with Crippen molar-refractivity contribution in [2.45, 2.75) is 24.8 Å². The molecule has 0 atom stereocenters. The van der Waals surface area contributed by atoms with Crippen LogP contribution < -0.4 is 16.2 Å². The first-order chi connectivity index (χ1) is 12.2. The van der Waals surface area contributed by atoms with E-state index < -0.39 is 26.6 Å². The van der Waals surface area contributed by atoms with E-state index in [4.69, 9.17) is 17.0 Å². The number of carbonyl (C=O) groups is 1. The van der Waals surface area contributed by atoms with Crippen LogP contribution in [0.5, 0.6) is 0 Å². The Hall–Kier alpha value is -1.82. The van der Waals surface area contributed by atoms with Crippen LogP contribution in [0.15, 0.2) is 23.1 Å². The van der Waals surface area contributed by atoms with Gasteiger partial charge in [0.15, 0.2) is 5.11 Å². The van der Waals surface area contributed by atoms with E-state index in [2.05, 4.69) is 16.2 Å². The molecule has 0 unspecified atom stereocenters. The molecule has 1 fully saturated rings. The summed E-state index contributed by atoms with van der Waals surface area (Å²) in [7, 11) is -4.06. The highest BCUT2D eigenvalue weighted by molar-refractivity contribution is 7.89. The van der Waals surface area contributed by atoms with Crippen LogP contribution in [0.3, 0.4) is 0 Å². The number of ether oxygens (including phenoxy) is 1. The van der Waals surface area contributed by atoms with Gasteiger partial charge in [0.1, 0.15) is 10.7 Å². The Labute approximate surface area is 157 Å². The molecular weight excluding hydrogens is 383 g/mol. The molecule has 1 aliphatic rings. The van der Waals surface area contributed by atoms with Crippen molar-refractivity contribution in [2.75, 3.05) is 26.3 Å². The molecule has 0 bridgehead atoms. The Morgan fingerprint density at radius 3 is 2.54 bits per heavy atom. The third kappa shape index (κ3) is 5.10. The molecule has 0 radical (unpaired) electrons. The lowest BCUT2D eigenvalue weighted by molar-refractivity contribution is 0.0729.